The Hall–Kier alpha value is -1.62. The highest BCUT2D eigenvalue weighted by Crippen LogP contribution is 2.30. The zero-order chi connectivity index (χ0) is 11.7. The molecule has 0 amide bonds. The quantitative estimate of drug-likeness (QED) is 0.813. The maximum absolute atomic E-state index is 5.84. The van der Waals surface area contributed by atoms with Gasteiger partial charge in [-0.05, 0) is 31.9 Å². The van der Waals surface area contributed by atoms with Crippen molar-refractivity contribution in [2.24, 2.45) is 0 Å². The molecule has 0 aliphatic rings. The first kappa shape index (κ1) is 10.9. The molecule has 1 heterocycles. The second kappa shape index (κ2) is 4.09. The predicted molar refractivity (Wildman–Crippen MR) is 65.0 cm³/mol. The van der Waals surface area contributed by atoms with Crippen molar-refractivity contribution in [3.05, 3.63) is 28.3 Å². The van der Waals surface area contributed by atoms with Crippen LogP contribution in [0.2, 0.25) is 0 Å². The number of hydrogen-bond donors (Lipinski definition) is 1. The van der Waals surface area contributed by atoms with Crippen LogP contribution in [0.15, 0.2) is 12.1 Å². The topological polar surface area (TPSA) is 61.0 Å². The number of nitrogens with zero attached hydrogens (tertiary/aromatic N) is 2. The van der Waals surface area contributed by atoms with E-state index >= 15 is 0 Å². The van der Waals surface area contributed by atoms with Gasteiger partial charge in [-0.15, -0.1) is 5.10 Å². The van der Waals surface area contributed by atoms with Gasteiger partial charge >= 0.3 is 0 Å². The van der Waals surface area contributed by atoms with Gasteiger partial charge in [-0.2, -0.15) is 0 Å². The largest absolute Gasteiger partial charge is 0.429 e. The molecule has 0 saturated carbocycles. The Kier molecular flexibility index (Phi) is 2.78. The number of anilines is 1. The number of nitrogen functional groups attached to an aromatic ring is 1. The third kappa shape index (κ3) is 2.14. The van der Waals surface area contributed by atoms with Crippen LogP contribution in [0.4, 0.5) is 5.69 Å². The molecule has 0 unspecified atom stereocenters. The van der Waals surface area contributed by atoms with E-state index in [1.54, 1.807) is 0 Å². The molecule has 1 aromatic heterocycles. The molecule has 0 fully saturated rings. The van der Waals surface area contributed by atoms with Gasteiger partial charge in [0, 0.05) is 11.8 Å². The zero-order valence-electron chi connectivity index (χ0n) is 9.44. The van der Waals surface area contributed by atoms with Crippen LogP contribution >= 0.6 is 11.3 Å². The van der Waals surface area contributed by atoms with Gasteiger partial charge in [0.05, 0.1) is 0 Å². The Morgan fingerprint density at radius 1 is 1.12 bits per heavy atom. The molecule has 2 N–H and O–H groups in total. The first-order chi connectivity index (χ1) is 7.56. The molecule has 5 heteroatoms. The normalized spacial score (nSPS) is 10.4. The SMILES string of the molecule is Cc1nnc(Oc2cc(N)c(C)cc2C)s1. The second-order valence-electron chi connectivity index (χ2n) is 3.66. The van der Waals surface area contributed by atoms with Gasteiger partial charge in [-0.3, -0.25) is 0 Å². The van der Waals surface area contributed by atoms with E-state index in [9.17, 15) is 0 Å². The van der Waals surface area contributed by atoms with Crippen LogP contribution in [0, 0.1) is 20.8 Å². The lowest BCUT2D eigenvalue weighted by Gasteiger charge is -2.08. The minimum absolute atomic E-state index is 0.545. The highest BCUT2D eigenvalue weighted by Gasteiger charge is 2.07. The van der Waals surface area contributed by atoms with Crippen LogP contribution in [-0.2, 0) is 0 Å². The van der Waals surface area contributed by atoms with E-state index in [1.165, 1.54) is 11.3 Å². The Morgan fingerprint density at radius 2 is 1.88 bits per heavy atom. The molecule has 0 atom stereocenters. The monoisotopic (exact) mass is 235 g/mol. The van der Waals surface area contributed by atoms with Crippen molar-refractivity contribution in [1.82, 2.24) is 10.2 Å². The molecule has 0 bridgehead atoms. The van der Waals surface area contributed by atoms with E-state index in [1.807, 2.05) is 32.9 Å². The molecule has 0 aliphatic heterocycles. The van der Waals surface area contributed by atoms with Crippen molar-refractivity contribution < 1.29 is 4.74 Å². The van der Waals surface area contributed by atoms with Crippen LogP contribution in [0.25, 0.3) is 0 Å². The second-order valence-corrected chi connectivity index (χ2v) is 4.81. The van der Waals surface area contributed by atoms with Gasteiger partial charge in [0.25, 0.3) is 5.19 Å². The molecule has 2 rings (SSSR count). The van der Waals surface area contributed by atoms with Gasteiger partial charge in [-0.1, -0.05) is 22.5 Å². The third-order valence-corrected chi connectivity index (χ3v) is 2.99. The standard InChI is InChI=1S/C11H13N3OS/c1-6-4-7(2)10(5-9(6)12)15-11-14-13-8(3)16-11/h4-5H,12H2,1-3H3. The predicted octanol–water partition coefficient (Wildman–Crippen LogP) is 2.84. The summed E-state index contributed by atoms with van der Waals surface area (Å²) in [6.45, 7) is 5.85. The zero-order valence-corrected chi connectivity index (χ0v) is 10.3. The third-order valence-electron chi connectivity index (χ3n) is 2.27. The van der Waals surface area contributed by atoms with Crippen molar-refractivity contribution in [2.75, 3.05) is 5.73 Å². The van der Waals surface area contributed by atoms with E-state index < -0.39 is 0 Å². The van der Waals surface area contributed by atoms with Crippen LogP contribution in [0.1, 0.15) is 16.1 Å². The van der Waals surface area contributed by atoms with E-state index in [-0.39, 0.29) is 0 Å². The lowest BCUT2D eigenvalue weighted by atomic mass is 10.1. The van der Waals surface area contributed by atoms with Gasteiger partial charge < -0.3 is 10.5 Å². The van der Waals surface area contributed by atoms with Crippen molar-refractivity contribution in [2.45, 2.75) is 20.8 Å². The molecule has 1 aromatic carbocycles. The summed E-state index contributed by atoms with van der Waals surface area (Å²) in [6, 6.07) is 3.82. The fourth-order valence-electron chi connectivity index (χ4n) is 1.37. The summed E-state index contributed by atoms with van der Waals surface area (Å²) in [4.78, 5) is 0. The number of aromatic nitrogens is 2. The Labute approximate surface area is 98.1 Å². The van der Waals surface area contributed by atoms with E-state index in [0.717, 1.165) is 27.6 Å². The Bertz CT molecular complexity index is 522. The molecule has 4 nitrogen and oxygen atoms in total. The summed E-state index contributed by atoms with van der Waals surface area (Å²) in [7, 11) is 0. The van der Waals surface area contributed by atoms with Gasteiger partial charge in [0.15, 0.2) is 0 Å². The van der Waals surface area contributed by atoms with Crippen LogP contribution in [-0.4, -0.2) is 10.2 Å². The number of aryl methyl sites for hydroxylation is 3. The van der Waals surface area contributed by atoms with Crippen molar-refractivity contribution >= 4 is 17.0 Å². The fourth-order valence-corrected chi connectivity index (χ4v) is 1.92. The molecule has 0 spiro atoms. The summed E-state index contributed by atoms with van der Waals surface area (Å²) < 4.78 is 5.63. The van der Waals surface area contributed by atoms with Crippen molar-refractivity contribution in [3.63, 3.8) is 0 Å². The van der Waals surface area contributed by atoms with Crippen molar-refractivity contribution in [1.29, 1.82) is 0 Å². The molecular weight excluding hydrogens is 222 g/mol. The number of hydrogen-bond acceptors (Lipinski definition) is 5. The molecule has 84 valence electrons. The van der Waals surface area contributed by atoms with E-state index in [0.29, 0.717) is 5.19 Å². The summed E-state index contributed by atoms with van der Waals surface area (Å²) in [5.74, 6) is 0.735. The minimum Gasteiger partial charge on any atom is -0.429 e. The van der Waals surface area contributed by atoms with E-state index in [2.05, 4.69) is 10.2 Å². The van der Waals surface area contributed by atoms with Crippen LogP contribution < -0.4 is 10.5 Å². The number of benzene rings is 1. The number of ether oxygens (including phenoxy) is 1. The van der Waals surface area contributed by atoms with Crippen LogP contribution in [0.5, 0.6) is 10.9 Å². The Balaban J connectivity index is 2.31. The highest BCUT2D eigenvalue weighted by molar-refractivity contribution is 7.13. The molecule has 2 aromatic rings. The average molecular weight is 235 g/mol. The Morgan fingerprint density at radius 3 is 2.50 bits per heavy atom. The summed E-state index contributed by atoms with van der Waals surface area (Å²) in [5, 5.41) is 9.23. The molecule has 0 saturated heterocycles. The molecule has 0 aliphatic carbocycles. The van der Waals surface area contributed by atoms with Gasteiger partial charge in [0.2, 0.25) is 0 Å². The van der Waals surface area contributed by atoms with E-state index in [4.69, 9.17) is 10.5 Å². The first-order valence-corrected chi connectivity index (χ1v) is 5.72. The fraction of sp³-hybridized carbons (Fsp3) is 0.273. The first-order valence-electron chi connectivity index (χ1n) is 4.91. The van der Waals surface area contributed by atoms with Crippen LogP contribution in [0.3, 0.4) is 0 Å². The maximum Gasteiger partial charge on any atom is 0.299 e. The summed E-state index contributed by atoms with van der Waals surface area (Å²) in [5.41, 5.74) is 8.65. The molecular formula is C11H13N3OS. The smallest absolute Gasteiger partial charge is 0.299 e. The highest BCUT2D eigenvalue weighted by atomic mass is 32.1. The average Bonchev–Trinajstić information content (AvgIpc) is 2.60. The summed E-state index contributed by atoms with van der Waals surface area (Å²) >= 11 is 1.42. The number of nitrogens with two attached hydrogens (primary N) is 1. The number of rotatable bonds is 2. The minimum atomic E-state index is 0.545. The lowest BCUT2D eigenvalue weighted by molar-refractivity contribution is 0.469. The van der Waals surface area contributed by atoms with Crippen molar-refractivity contribution in [3.8, 4) is 10.9 Å². The van der Waals surface area contributed by atoms with Gasteiger partial charge in [0.1, 0.15) is 10.8 Å². The molecule has 16 heavy (non-hydrogen) atoms. The maximum atomic E-state index is 5.84. The lowest BCUT2D eigenvalue weighted by Crippen LogP contribution is -1.94. The summed E-state index contributed by atoms with van der Waals surface area (Å²) in [6.07, 6.45) is 0. The van der Waals surface area contributed by atoms with Gasteiger partial charge in [-0.25, -0.2) is 0 Å². The molecule has 0 radical (unpaired) electrons.